The highest BCUT2D eigenvalue weighted by atomic mass is 16.5. The predicted molar refractivity (Wildman–Crippen MR) is 113 cm³/mol. The van der Waals surface area contributed by atoms with E-state index in [0.717, 1.165) is 5.56 Å². The Morgan fingerprint density at radius 1 is 0.967 bits per heavy atom. The quantitative estimate of drug-likeness (QED) is 0.562. The minimum Gasteiger partial charge on any atom is -0.493 e. The van der Waals surface area contributed by atoms with E-state index < -0.39 is 0 Å². The first-order valence-corrected chi connectivity index (χ1v) is 9.51. The fourth-order valence-electron chi connectivity index (χ4n) is 2.97. The van der Waals surface area contributed by atoms with Gasteiger partial charge in [0.2, 0.25) is 5.91 Å². The van der Waals surface area contributed by atoms with Crippen molar-refractivity contribution < 1.29 is 23.5 Å². The second kappa shape index (κ2) is 10.2. The van der Waals surface area contributed by atoms with E-state index in [-0.39, 0.29) is 24.8 Å². The molecule has 0 spiro atoms. The van der Waals surface area contributed by atoms with Crippen LogP contribution in [0.4, 0.5) is 5.69 Å². The molecule has 3 aromatic rings. The van der Waals surface area contributed by atoms with E-state index in [0.29, 0.717) is 34.9 Å². The Morgan fingerprint density at radius 3 is 2.50 bits per heavy atom. The number of hydrogen-bond donors (Lipinski definition) is 2. The van der Waals surface area contributed by atoms with Crippen molar-refractivity contribution in [3.05, 3.63) is 77.7 Å². The van der Waals surface area contributed by atoms with E-state index in [1.165, 1.54) is 0 Å². The van der Waals surface area contributed by atoms with Gasteiger partial charge in [-0.3, -0.25) is 9.59 Å². The molecule has 3 rings (SSSR count). The van der Waals surface area contributed by atoms with Crippen LogP contribution in [0.3, 0.4) is 0 Å². The first-order chi connectivity index (χ1) is 14.6. The number of nitrogens with one attached hydrogen (secondary N) is 2. The molecule has 1 heterocycles. The largest absolute Gasteiger partial charge is 0.493 e. The highest BCUT2D eigenvalue weighted by molar-refractivity contribution is 6.03. The van der Waals surface area contributed by atoms with Crippen LogP contribution < -0.4 is 20.1 Å². The van der Waals surface area contributed by atoms with Gasteiger partial charge in [-0.25, -0.2) is 0 Å². The van der Waals surface area contributed by atoms with Crippen molar-refractivity contribution in [3.63, 3.8) is 0 Å². The smallest absolute Gasteiger partial charge is 0.253 e. The van der Waals surface area contributed by atoms with Crippen molar-refractivity contribution in [1.29, 1.82) is 0 Å². The predicted octanol–water partition coefficient (Wildman–Crippen LogP) is 3.80. The minimum atomic E-state index is -0.290. The van der Waals surface area contributed by atoms with E-state index >= 15 is 0 Å². The summed E-state index contributed by atoms with van der Waals surface area (Å²) in [6.07, 6.45) is 2.34. The Labute approximate surface area is 175 Å². The highest BCUT2D eigenvalue weighted by Crippen LogP contribution is 2.28. The van der Waals surface area contributed by atoms with Crippen molar-refractivity contribution in [1.82, 2.24) is 5.32 Å². The summed E-state index contributed by atoms with van der Waals surface area (Å²) >= 11 is 0. The molecular formula is C23H24N2O5. The number of furan rings is 1. The average molecular weight is 408 g/mol. The molecule has 7 heteroatoms. The lowest BCUT2D eigenvalue weighted by molar-refractivity contribution is -0.116. The van der Waals surface area contributed by atoms with Crippen molar-refractivity contribution in [2.24, 2.45) is 0 Å². The molecule has 0 radical (unpaired) electrons. The molecule has 2 N–H and O–H groups in total. The second-order valence-electron chi connectivity index (χ2n) is 6.55. The second-order valence-corrected chi connectivity index (χ2v) is 6.55. The molecule has 30 heavy (non-hydrogen) atoms. The normalized spacial score (nSPS) is 10.3. The van der Waals surface area contributed by atoms with Gasteiger partial charge in [-0.15, -0.1) is 0 Å². The van der Waals surface area contributed by atoms with Crippen molar-refractivity contribution in [3.8, 4) is 11.5 Å². The Hall–Kier alpha value is -3.74. The maximum absolute atomic E-state index is 12.5. The summed E-state index contributed by atoms with van der Waals surface area (Å²) < 4.78 is 15.7. The Bertz CT molecular complexity index is 999. The maximum Gasteiger partial charge on any atom is 0.253 e. The molecule has 7 nitrogen and oxygen atoms in total. The van der Waals surface area contributed by atoms with Gasteiger partial charge in [-0.05, 0) is 48.4 Å². The zero-order valence-electron chi connectivity index (χ0n) is 16.9. The van der Waals surface area contributed by atoms with Crippen LogP contribution >= 0.6 is 0 Å². The first-order valence-electron chi connectivity index (χ1n) is 9.51. The van der Waals surface area contributed by atoms with E-state index in [2.05, 4.69) is 10.6 Å². The lowest BCUT2D eigenvalue weighted by atomic mass is 10.1. The van der Waals surface area contributed by atoms with Crippen LogP contribution in [0.2, 0.25) is 0 Å². The average Bonchev–Trinajstić information content (AvgIpc) is 3.30. The van der Waals surface area contributed by atoms with Gasteiger partial charge in [0.15, 0.2) is 11.5 Å². The molecule has 0 aliphatic heterocycles. The Kier molecular flexibility index (Phi) is 7.10. The van der Waals surface area contributed by atoms with Gasteiger partial charge >= 0.3 is 0 Å². The van der Waals surface area contributed by atoms with Crippen LogP contribution in [0, 0.1) is 0 Å². The third kappa shape index (κ3) is 5.41. The number of amides is 2. The van der Waals surface area contributed by atoms with E-state index in [9.17, 15) is 9.59 Å². The molecule has 0 bridgehead atoms. The first kappa shape index (κ1) is 21.0. The van der Waals surface area contributed by atoms with Crippen molar-refractivity contribution in [2.45, 2.75) is 19.4 Å². The number of aryl methyl sites for hydroxylation is 1. The summed E-state index contributed by atoms with van der Waals surface area (Å²) in [5, 5.41) is 5.61. The van der Waals surface area contributed by atoms with Gasteiger partial charge in [0.05, 0.1) is 38.3 Å². The SMILES string of the molecule is COc1ccc(CCC(=O)Nc2ccccc2C(=O)NCc2ccco2)cc1OC. The summed E-state index contributed by atoms with van der Waals surface area (Å²) in [7, 11) is 3.15. The maximum atomic E-state index is 12.5. The fourth-order valence-corrected chi connectivity index (χ4v) is 2.97. The molecule has 0 unspecified atom stereocenters. The fraction of sp³-hybridized carbons (Fsp3) is 0.217. The number of anilines is 1. The summed E-state index contributed by atoms with van der Waals surface area (Å²) in [5.74, 6) is 1.44. The van der Waals surface area contributed by atoms with Gasteiger partial charge in [0, 0.05) is 6.42 Å². The zero-order chi connectivity index (χ0) is 21.3. The van der Waals surface area contributed by atoms with Crippen LogP contribution in [-0.4, -0.2) is 26.0 Å². The van der Waals surface area contributed by atoms with Crippen LogP contribution in [0.25, 0.3) is 0 Å². The van der Waals surface area contributed by atoms with Gasteiger partial charge in [-0.1, -0.05) is 18.2 Å². The van der Waals surface area contributed by atoms with Crippen LogP contribution in [-0.2, 0) is 17.8 Å². The summed E-state index contributed by atoms with van der Waals surface area (Å²) in [6, 6.07) is 16.0. The van der Waals surface area contributed by atoms with Crippen molar-refractivity contribution >= 4 is 17.5 Å². The van der Waals surface area contributed by atoms with E-state index in [1.807, 2.05) is 18.2 Å². The molecule has 0 saturated carbocycles. The number of carbonyl (C=O) groups is 2. The summed E-state index contributed by atoms with van der Waals surface area (Å²) in [6.45, 7) is 0.271. The molecule has 1 aromatic heterocycles. The third-order valence-corrected chi connectivity index (χ3v) is 4.54. The third-order valence-electron chi connectivity index (χ3n) is 4.54. The molecule has 156 valence electrons. The monoisotopic (exact) mass is 408 g/mol. The molecule has 0 atom stereocenters. The molecule has 2 aromatic carbocycles. The molecule has 0 saturated heterocycles. The van der Waals surface area contributed by atoms with E-state index in [1.54, 1.807) is 56.9 Å². The highest BCUT2D eigenvalue weighted by Gasteiger charge is 2.14. The minimum absolute atomic E-state index is 0.184. The summed E-state index contributed by atoms with van der Waals surface area (Å²) in [5.41, 5.74) is 1.81. The number of hydrogen-bond acceptors (Lipinski definition) is 5. The molecule has 0 fully saturated rings. The number of ether oxygens (including phenoxy) is 2. The van der Waals surface area contributed by atoms with Crippen LogP contribution in [0.1, 0.15) is 28.1 Å². The number of carbonyl (C=O) groups excluding carboxylic acids is 2. The van der Waals surface area contributed by atoms with Gasteiger partial charge < -0.3 is 24.5 Å². The Morgan fingerprint density at radius 2 is 1.77 bits per heavy atom. The summed E-state index contributed by atoms with van der Waals surface area (Å²) in [4.78, 5) is 25.0. The molecule has 0 aliphatic rings. The van der Waals surface area contributed by atoms with Gasteiger partial charge in [0.1, 0.15) is 5.76 Å². The Balaban J connectivity index is 1.59. The van der Waals surface area contributed by atoms with Gasteiger partial charge in [-0.2, -0.15) is 0 Å². The zero-order valence-corrected chi connectivity index (χ0v) is 16.9. The van der Waals surface area contributed by atoms with E-state index in [4.69, 9.17) is 13.9 Å². The van der Waals surface area contributed by atoms with Gasteiger partial charge in [0.25, 0.3) is 5.91 Å². The lowest BCUT2D eigenvalue weighted by Crippen LogP contribution is -2.24. The van der Waals surface area contributed by atoms with Crippen LogP contribution in [0.15, 0.2) is 65.3 Å². The number of benzene rings is 2. The standard InChI is InChI=1S/C23H24N2O5/c1-28-20-11-9-16(14-21(20)29-2)10-12-22(26)25-19-8-4-3-7-18(19)23(27)24-15-17-6-5-13-30-17/h3-9,11,13-14H,10,12,15H2,1-2H3,(H,24,27)(H,25,26). The number of methoxy groups -OCH3 is 2. The lowest BCUT2D eigenvalue weighted by Gasteiger charge is -2.12. The van der Waals surface area contributed by atoms with Crippen LogP contribution in [0.5, 0.6) is 11.5 Å². The molecular weight excluding hydrogens is 384 g/mol. The molecule has 2 amide bonds. The topological polar surface area (TPSA) is 89.8 Å². The number of rotatable bonds is 9. The van der Waals surface area contributed by atoms with Crippen molar-refractivity contribution in [2.75, 3.05) is 19.5 Å². The number of para-hydroxylation sites is 1. The molecule has 0 aliphatic carbocycles.